The molecule has 0 amide bonds. The molecule has 1 N–H and O–H groups in total. The van der Waals surface area contributed by atoms with Crippen LogP contribution in [0.4, 0.5) is 11.4 Å². The van der Waals surface area contributed by atoms with Gasteiger partial charge in [0.05, 0.1) is 15.0 Å². The summed E-state index contributed by atoms with van der Waals surface area (Å²) in [4.78, 5) is 10.4. The van der Waals surface area contributed by atoms with Crippen LogP contribution < -0.4 is 5.32 Å². The van der Waals surface area contributed by atoms with Gasteiger partial charge in [-0.15, -0.1) is 0 Å². The second kappa shape index (κ2) is 5.91. The van der Waals surface area contributed by atoms with Crippen molar-refractivity contribution in [2.75, 3.05) is 5.32 Å². The number of nitrogens with one attached hydrogen (secondary N) is 1. The molecule has 2 aromatic carbocycles. The lowest BCUT2D eigenvalue weighted by Crippen LogP contribution is -2.02. The van der Waals surface area contributed by atoms with E-state index in [0.29, 0.717) is 22.3 Å². The van der Waals surface area contributed by atoms with Crippen LogP contribution in [0.15, 0.2) is 42.5 Å². The average Bonchev–Trinajstić information content (AvgIpc) is 2.40. The van der Waals surface area contributed by atoms with E-state index in [1.54, 1.807) is 30.3 Å². The van der Waals surface area contributed by atoms with Gasteiger partial charge in [0.15, 0.2) is 0 Å². The van der Waals surface area contributed by atoms with Crippen molar-refractivity contribution < 1.29 is 4.92 Å². The summed E-state index contributed by atoms with van der Waals surface area (Å²) in [6.45, 7) is 0.432. The number of anilines is 1. The first-order valence-corrected chi connectivity index (χ1v) is 6.25. The Kier molecular flexibility index (Phi) is 4.24. The molecule has 0 aliphatic carbocycles. The number of nitro groups is 1. The van der Waals surface area contributed by atoms with E-state index in [1.165, 1.54) is 6.07 Å². The molecule has 2 aromatic rings. The molecule has 0 aliphatic rings. The molecular weight excluding hydrogens is 287 g/mol. The summed E-state index contributed by atoms with van der Waals surface area (Å²) in [5.74, 6) is 0. The van der Waals surface area contributed by atoms with Gasteiger partial charge < -0.3 is 5.32 Å². The molecule has 0 fully saturated rings. The molecule has 6 heteroatoms. The molecule has 0 spiro atoms. The van der Waals surface area contributed by atoms with E-state index in [2.05, 4.69) is 5.32 Å². The molecule has 0 unspecified atom stereocenters. The zero-order chi connectivity index (χ0) is 13.8. The number of para-hydroxylation sites is 2. The van der Waals surface area contributed by atoms with E-state index in [0.717, 1.165) is 5.56 Å². The normalized spacial score (nSPS) is 10.2. The van der Waals surface area contributed by atoms with Crippen molar-refractivity contribution in [3.8, 4) is 0 Å². The fourth-order valence-corrected chi connectivity index (χ4v) is 1.95. The van der Waals surface area contributed by atoms with E-state index >= 15 is 0 Å². The summed E-state index contributed by atoms with van der Waals surface area (Å²) in [6.07, 6.45) is 0. The van der Waals surface area contributed by atoms with Gasteiger partial charge in [-0.3, -0.25) is 10.1 Å². The number of hydrogen-bond acceptors (Lipinski definition) is 3. The number of benzene rings is 2. The Morgan fingerprint density at radius 3 is 2.53 bits per heavy atom. The molecular formula is C13H10Cl2N2O2. The van der Waals surface area contributed by atoms with Crippen LogP contribution in [0.1, 0.15) is 5.56 Å². The van der Waals surface area contributed by atoms with Gasteiger partial charge in [0.1, 0.15) is 5.69 Å². The first kappa shape index (κ1) is 13.6. The lowest BCUT2D eigenvalue weighted by atomic mass is 10.2. The minimum Gasteiger partial charge on any atom is -0.375 e. The van der Waals surface area contributed by atoms with Crippen molar-refractivity contribution in [3.63, 3.8) is 0 Å². The molecule has 4 nitrogen and oxygen atoms in total. The van der Waals surface area contributed by atoms with Crippen molar-refractivity contribution >= 4 is 34.6 Å². The summed E-state index contributed by atoms with van der Waals surface area (Å²) in [5.41, 5.74) is 1.41. The summed E-state index contributed by atoms with van der Waals surface area (Å²) in [7, 11) is 0. The van der Waals surface area contributed by atoms with Crippen LogP contribution in [0, 0.1) is 10.1 Å². The van der Waals surface area contributed by atoms with Crippen LogP contribution >= 0.6 is 23.2 Å². The van der Waals surface area contributed by atoms with Gasteiger partial charge in [-0.25, -0.2) is 0 Å². The second-order valence-corrected chi connectivity index (χ2v) is 4.69. The van der Waals surface area contributed by atoms with E-state index in [-0.39, 0.29) is 5.69 Å². The fraction of sp³-hybridized carbons (Fsp3) is 0.0769. The summed E-state index contributed by atoms with van der Waals surface area (Å²) in [6, 6.07) is 11.7. The van der Waals surface area contributed by atoms with E-state index in [9.17, 15) is 10.1 Å². The number of hydrogen-bond donors (Lipinski definition) is 1. The molecule has 0 saturated carbocycles. The zero-order valence-electron chi connectivity index (χ0n) is 9.77. The number of rotatable bonds is 4. The Bertz CT molecular complexity index is 617. The molecule has 0 atom stereocenters. The molecule has 0 heterocycles. The van der Waals surface area contributed by atoms with Gasteiger partial charge in [0, 0.05) is 12.6 Å². The van der Waals surface area contributed by atoms with Gasteiger partial charge in [-0.1, -0.05) is 41.4 Å². The lowest BCUT2D eigenvalue weighted by Gasteiger charge is -2.07. The van der Waals surface area contributed by atoms with Gasteiger partial charge in [0.2, 0.25) is 0 Å². The van der Waals surface area contributed by atoms with Crippen molar-refractivity contribution in [1.29, 1.82) is 0 Å². The second-order valence-electron chi connectivity index (χ2n) is 3.88. The van der Waals surface area contributed by atoms with E-state index in [1.807, 2.05) is 6.07 Å². The highest BCUT2D eigenvalue weighted by atomic mass is 35.5. The minimum absolute atomic E-state index is 0.0440. The van der Waals surface area contributed by atoms with Gasteiger partial charge in [0.25, 0.3) is 5.69 Å². The smallest absolute Gasteiger partial charge is 0.292 e. The van der Waals surface area contributed by atoms with Crippen LogP contribution in [0.5, 0.6) is 0 Å². The highest BCUT2D eigenvalue weighted by Gasteiger charge is 2.11. The predicted molar refractivity (Wildman–Crippen MR) is 76.9 cm³/mol. The maximum Gasteiger partial charge on any atom is 0.292 e. The standard InChI is InChI=1S/C13H10Cl2N2O2/c14-10-6-5-9(7-11(10)15)8-16-12-3-1-2-4-13(12)17(18)19/h1-7,16H,8H2. The number of halogens is 2. The summed E-state index contributed by atoms with van der Waals surface area (Å²) < 4.78 is 0. The lowest BCUT2D eigenvalue weighted by molar-refractivity contribution is -0.384. The van der Waals surface area contributed by atoms with Gasteiger partial charge in [-0.05, 0) is 23.8 Å². The average molecular weight is 297 g/mol. The molecule has 0 radical (unpaired) electrons. The Hall–Kier alpha value is -1.78. The largest absolute Gasteiger partial charge is 0.375 e. The maximum atomic E-state index is 10.9. The molecule has 0 aromatic heterocycles. The van der Waals surface area contributed by atoms with Crippen molar-refractivity contribution in [2.24, 2.45) is 0 Å². The van der Waals surface area contributed by atoms with Crippen LogP contribution in [0.2, 0.25) is 10.0 Å². The van der Waals surface area contributed by atoms with Gasteiger partial charge in [-0.2, -0.15) is 0 Å². The third-order valence-electron chi connectivity index (χ3n) is 2.57. The molecule has 98 valence electrons. The first-order valence-electron chi connectivity index (χ1n) is 5.49. The van der Waals surface area contributed by atoms with Crippen molar-refractivity contribution in [3.05, 3.63) is 68.2 Å². The highest BCUT2D eigenvalue weighted by Crippen LogP contribution is 2.26. The third-order valence-corrected chi connectivity index (χ3v) is 3.31. The Labute approximate surface area is 120 Å². The molecule has 0 aliphatic heterocycles. The maximum absolute atomic E-state index is 10.9. The van der Waals surface area contributed by atoms with Gasteiger partial charge >= 0.3 is 0 Å². The van der Waals surface area contributed by atoms with Crippen molar-refractivity contribution in [1.82, 2.24) is 0 Å². The van der Waals surface area contributed by atoms with Crippen molar-refractivity contribution in [2.45, 2.75) is 6.54 Å². The Morgan fingerprint density at radius 1 is 1.11 bits per heavy atom. The Balaban J connectivity index is 2.14. The third kappa shape index (κ3) is 3.36. The van der Waals surface area contributed by atoms with Crippen LogP contribution in [-0.2, 0) is 6.54 Å². The quantitative estimate of drug-likeness (QED) is 0.667. The first-order chi connectivity index (χ1) is 9.08. The summed E-state index contributed by atoms with van der Waals surface area (Å²) >= 11 is 11.7. The van der Waals surface area contributed by atoms with Crippen LogP contribution in [0.3, 0.4) is 0 Å². The molecule has 19 heavy (non-hydrogen) atoms. The monoisotopic (exact) mass is 296 g/mol. The van der Waals surface area contributed by atoms with E-state index in [4.69, 9.17) is 23.2 Å². The predicted octanol–water partition coefficient (Wildman–Crippen LogP) is 4.51. The SMILES string of the molecule is O=[N+]([O-])c1ccccc1NCc1ccc(Cl)c(Cl)c1. The zero-order valence-corrected chi connectivity index (χ0v) is 11.3. The molecule has 0 bridgehead atoms. The van der Waals surface area contributed by atoms with E-state index < -0.39 is 4.92 Å². The Morgan fingerprint density at radius 2 is 1.84 bits per heavy atom. The summed E-state index contributed by atoms with van der Waals surface area (Å²) in [5, 5.41) is 14.8. The van der Waals surface area contributed by atoms with Crippen LogP contribution in [0.25, 0.3) is 0 Å². The topological polar surface area (TPSA) is 55.2 Å². The minimum atomic E-state index is -0.419. The molecule has 0 saturated heterocycles. The molecule has 2 rings (SSSR count). The number of nitrogens with zero attached hydrogens (tertiary/aromatic N) is 1. The highest BCUT2D eigenvalue weighted by molar-refractivity contribution is 6.42. The number of nitro benzene ring substituents is 1. The fourth-order valence-electron chi connectivity index (χ4n) is 1.63. The van der Waals surface area contributed by atoms with Crippen LogP contribution in [-0.4, -0.2) is 4.92 Å².